The fourth-order valence-corrected chi connectivity index (χ4v) is 28.0. The van der Waals surface area contributed by atoms with Gasteiger partial charge in [-0.1, -0.05) is 360 Å². The van der Waals surface area contributed by atoms with E-state index in [1.807, 2.05) is 220 Å². The minimum absolute atomic E-state index is 0.00690. The number of ether oxygens (including phenoxy) is 5. The van der Waals surface area contributed by atoms with Crippen molar-refractivity contribution in [2.24, 2.45) is 0 Å². The van der Waals surface area contributed by atoms with Crippen LogP contribution in [0.2, 0.25) is 58.9 Å². The Morgan fingerprint density at radius 1 is 0.224 bits per heavy atom. The minimum atomic E-state index is -1.66. The minimum Gasteiger partial charge on any atom is -0.507 e. The van der Waals surface area contributed by atoms with Crippen LogP contribution >= 0.6 is 60.1 Å². The van der Waals surface area contributed by atoms with Gasteiger partial charge in [-0.15, -0.1) is 0 Å². The first kappa shape index (κ1) is 116. The van der Waals surface area contributed by atoms with Crippen molar-refractivity contribution in [3.63, 3.8) is 0 Å². The van der Waals surface area contributed by atoms with Crippen LogP contribution < -0.4 is 114 Å². The number of carbonyl (C=O) groups is 7. The van der Waals surface area contributed by atoms with Crippen LogP contribution in [-0.4, -0.2) is 136 Å². The van der Waals surface area contributed by atoms with Gasteiger partial charge >= 0.3 is 0 Å². The van der Waals surface area contributed by atoms with E-state index in [2.05, 4.69) is 77.1 Å². The summed E-state index contributed by atoms with van der Waals surface area (Å²) in [7, 11) is 4.76. The van der Waals surface area contributed by atoms with Gasteiger partial charge in [0.15, 0.2) is 75.0 Å². The molecule has 0 radical (unpaired) electrons. The number of phenolic OH excluding ortho intramolecular Hbond substituents is 7. The van der Waals surface area contributed by atoms with E-state index in [9.17, 15) is 69.3 Å². The highest BCUT2D eigenvalue weighted by Crippen LogP contribution is 2.36. The third-order valence-corrected chi connectivity index (χ3v) is 38.3. The van der Waals surface area contributed by atoms with E-state index < -0.39 is 24.2 Å². The zero-order chi connectivity index (χ0) is 105. The van der Waals surface area contributed by atoms with E-state index in [-0.39, 0.29) is 97.8 Å². The lowest BCUT2D eigenvalue weighted by molar-refractivity contribution is 0.101. The average molecular weight is 2100 g/mol. The Labute approximate surface area is 856 Å². The third kappa shape index (κ3) is 33.6. The fourth-order valence-electron chi connectivity index (χ4n) is 14.4. The van der Waals surface area contributed by atoms with Gasteiger partial charge in [0, 0.05) is 82.1 Å². The average Bonchev–Trinajstić information content (AvgIpc) is 0.774. The highest BCUT2D eigenvalue weighted by molar-refractivity contribution is 7.58. The Morgan fingerprint density at radius 2 is 0.503 bits per heavy atom. The van der Waals surface area contributed by atoms with E-state index in [0.29, 0.717) is 99.3 Å². The summed E-state index contributed by atoms with van der Waals surface area (Å²) in [6.07, 6.45) is 0. The molecule has 7 unspecified atom stereocenters. The van der Waals surface area contributed by atoms with Crippen LogP contribution in [0.15, 0.2) is 279 Å². The van der Waals surface area contributed by atoms with Crippen molar-refractivity contribution in [3.8, 4) is 69.0 Å². The van der Waals surface area contributed by atoms with Gasteiger partial charge in [-0.25, -0.2) is 0 Å². The van der Waals surface area contributed by atoms with Crippen LogP contribution in [0.4, 0.5) is 0 Å². The maximum absolute atomic E-state index is 11.9. The number of benzene rings is 14. The molecule has 7 atom stereocenters. The lowest BCUT2D eigenvalue weighted by Crippen LogP contribution is -2.47. The van der Waals surface area contributed by atoms with Gasteiger partial charge in [0.1, 0.15) is 34.5 Å². The third-order valence-electron chi connectivity index (χ3n) is 22.4. The summed E-state index contributed by atoms with van der Waals surface area (Å²) < 4.78 is 25.7. The van der Waals surface area contributed by atoms with Crippen molar-refractivity contribution < 1.29 is 93.0 Å². The Morgan fingerprint density at radius 3 is 0.860 bits per heavy atom. The maximum Gasteiger partial charge on any atom is 0.165 e. The zero-order valence-electron chi connectivity index (χ0n) is 85.1. The van der Waals surface area contributed by atoms with Crippen LogP contribution in [0, 0.1) is 13.8 Å². The Bertz CT molecular complexity index is 6830. The second-order valence-electron chi connectivity index (χ2n) is 36.2. The highest BCUT2D eigenvalue weighted by atomic mass is 31.1. The molecule has 0 aliphatic carbocycles. The lowest BCUT2D eigenvalue weighted by atomic mass is 10.1. The monoisotopic (exact) mass is 2100 g/mol. The fraction of sp³-hybridized carbons (Fsp3) is 0.202. The van der Waals surface area contributed by atoms with E-state index in [0.717, 1.165) is 102 Å². The predicted molar refractivity (Wildman–Crippen MR) is 616 cm³/mol. The number of ketones is 7. The molecular formula is C114H129O19P7Si3. The van der Waals surface area contributed by atoms with Gasteiger partial charge in [-0.2, -0.15) is 0 Å². The number of hydrogen-bond donors (Lipinski definition) is 7. The molecule has 746 valence electrons. The Kier molecular flexibility index (Phi) is 44.4. The molecule has 0 aliphatic heterocycles. The molecule has 0 aromatic heterocycles. The number of methoxy groups -OCH3 is 5. The number of carbonyl (C=O) groups excluding carboxylic acids is 7. The topological polar surface area (TPSA) is 307 Å². The quantitative estimate of drug-likeness (QED) is 0.0130. The van der Waals surface area contributed by atoms with Gasteiger partial charge in [-0.3, -0.25) is 33.6 Å². The molecular weight excluding hydrogens is 1970 g/mol. The van der Waals surface area contributed by atoms with Crippen molar-refractivity contribution in [2.45, 2.75) is 121 Å². The van der Waals surface area contributed by atoms with Crippen LogP contribution in [0.1, 0.15) is 132 Å². The first-order valence-corrected chi connectivity index (χ1v) is 63.3. The molecule has 0 saturated carbocycles. The molecule has 143 heavy (non-hydrogen) atoms. The number of phenols is 7. The van der Waals surface area contributed by atoms with Gasteiger partial charge in [0.25, 0.3) is 0 Å². The molecule has 0 spiro atoms. The number of Topliss-reactive ketones (excluding diaryl/α,β-unsaturated/α-hetero) is 7. The van der Waals surface area contributed by atoms with E-state index >= 15 is 0 Å². The van der Waals surface area contributed by atoms with E-state index in [1.54, 1.807) is 110 Å². The second kappa shape index (κ2) is 54.7. The summed E-state index contributed by atoms with van der Waals surface area (Å²) in [6.45, 7) is 35.5. The molecule has 0 bridgehead atoms. The van der Waals surface area contributed by atoms with Crippen molar-refractivity contribution in [3.05, 3.63) is 329 Å². The van der Waals surface area contributed by atoms with Crippen LogP contribution in [0.3, 0.4) is 0 Å². The number of hydrogen-bond acceptors (Lipinski definition) is 19. The molecule has 14 aromatic rings. The molecule has 0 amide bonds. The van der Waals surface area contributed by atoms with Gasteiger partial charge in [-0.05, 0) is 158 Å². The predicted octanol–water partition coefficient (Wildman–Crippen LogP) is 17.9. The first-order chi connectivity index (χ1) is 67.6. The summed E-state index contributed by atoms with van der Waals surface area (Å²) in [4.78, 5) is 81.8. The number of para-hydroxylation sites is 3. The summed E-state index contributed by atoms with van der Waals surface area (Å²) in [5, 5.41) is 87.8. The first-order valence-electron chi connectivity index (χ1n) is 45.8. The summed E-state index contributed by atoms with van der Waals surface area (Å²) in [5.41, 5.74) is 6.92. The van der Waals surface area contributed by atoms with Crippen molar-refractivity contribution >= 4 is 215 Å². The van der Waals surface area contributed by atoms with Gasteiger partial charge in [0.05, 0.1) is 59.8 Å². The number of aryl methyl sites for hydroxylation is 2. The summed E-state index contributed by atoms with van der Waals surface area (Å²) in [6, 6.07) is 86.3. The molecule has 14 rings (SSSR count). The lowest BCUT2D eigenvalue weighted by Gasteiger charge is -2.26. The van der Waals surface area contributed by atoms with Crippen LogP contribution in [-0.2, 0) is 0 Å². The normalized spacial score (nSPS) is 11.4. The van der Waals surface area contributed by atoms with Gasteiger partial charge < -0.3 is 59.4 Å². The maximum atomic E-state index is 11.9. The van der Waals surface area contributed by atoms with Gasteiger partial charge in [0.2, 0.25) is 0 Å². The second-order valence-corrected chi connectivity index (χ2v) is 60.7. The summed E-state index contributed by atoms with van der Waals surface area (Å²) in [5.74, 6) is 4.55. The smallest absolute Gasteiger partial charge is 0.165 e. The molecule has 0 saturated heterocycles. The van der Waals surface area contributed by atoms with Crippen LogP contribution in [0.25, 0.3) is 0 Å². The SMILES string of the molecule is CC(=O)c1ccccc1Pc1cc([Si](C)(C)C)cc([Si](C)(C)C)c1O.CC(=O)c1ccccc1Pc1cc([Si](C)(C)C)ccc1O.CC(=O)c1ccccc1Pc1cccc(C)c1O.COc1cc(OC)c(O)c(Pc2ccccc2C(C)=O)c1.COc1ccc(O)c(Pc2ccccc2C(C)=O)c1.COc1cccc(Pc2c(C)cccc2C(C)=O)c1O.COc1cccc(Pc2ccccc2C(C)=O)c1O. The zero-order valence-corrected chi connectivity index (χ0v) is 95.1. The molecule has 29 heteroatoms. The molecule has 0 fully saturated rings. The number of aromatic hydroxyl groups is 7. The molecule has 7 N–H and O–H groups in total. The molecule has 19 nitrogen and oxygen atoms in total. The molecule has 0 heterocycles. The highest BCUT2D eigenvalue weighted by Gasteiger charge is 2.29. The van der Waals surface area contributed by atoms with Crippen molar-refractivity contribution in [1.82, 2.24) is 0 Å². The van der Waals surface area contributed by atoms with Crippen LogP contribution in [0.5, 0.6) is 69.0 Å². The summed E-state index contributed by atoms with van der Waals surface area (Å²) >= 11 is 0. The standard InChI is InChI=1S/C20H29O2PSi2.C17H21O2PSi.C16H17O4P.C16H17O3P.2C15H15O3P.C15H15O2P/c1-14(21)16-10-8-9-11-17(16)23-18-12-15(24(2,3)4)13-19(20(18)22)25(5,6)7;1-12(18)14-7-5-6-8-16(14)20-17-11-13(21(2,3)4)9-10-15(17)19;1-10(17)12-6-4-5-7-14(12)21-15-9-11(19-2)8-13(20-3)16(15)18;1-10-6-4-7-12(11(2)17)16(10)20-14-9-5-8-13(19-3)15(14)18;1-10(16)11-6-3-4-8-13(11)19-14-9-5-7-12(18-2)15(14)17;1-10(16)12-5-3-4-6-14(12)19-15-9-11(18-2)7-8-13(15)17;1-10-6-5-9-14(15(10)17)18-13-8-4-3-7-12(13)11(2)16/h8-13,22-23H,1-7H3;5-11,19-20H,1-4H3;4-9,18,21H,1-3H3;4-9,18,20H,1-3H3;2*3-9,17,19H,1-2H3;3-9,17-18H,1-2H3. The van der Waals surface area contributed by atoms with Crippen molar-refractivity contribution in [2.75, 3.05) is 35.5 Å². The molecule has 14 aromatic carbocycles. The Hall–Kier alpha value is -12.0. The molecule has 0 aliphatic rings. The largest absolute Gasteiger partial charge is 0.507 e. The van der Waals surface area contributed by atoms with Crippen molar-refractivity contribution in [1.29, 1.82) is 0 Å². The number of rotatable bonds is 29. The Balaban J connectivity index is 0.000000204. The van der Waals surface area contributed by atoms with E-state index in [1.165, 1.54) is 38.6 Å². The van der Waals surface area contributed by atoms with E-state index in [4.69, 9.17) is 23.7 Å².